The number of hydrogen-bond acceptors (Lipinski definition) is 3. The third-order valence-electron chi connectivity index (χ3n) is 3.94. The van der Waals surface area contributed by atoms with E-state index >= 15 is 0 Å². The molecule has 5 heteroatoms. The molecule has 0 unspecified atom stereocenters. The average molecular weight is 367 g/mol. The van der Waals surface area contributed by atoms with Crippen LogP contribution in [0, 0.1) is 0 Å². The van der Waals surface area contributed by atoms with Gasteiger partial charge in [0.25, 0.3) is 5.91 Å². The van der Waals surface area contributed by atoms with E-state index in [2.05, 4.69) is 5.32 Å². The lowest BCUT2D eigenvalue weighted by atomic mass is 10.2. The van der Waals surface area contributed by atoms with Gasteiger partial charge in [-0.1, -0.05) is 48.0 Å². The molecule has 26 heavy (non-hydrogen) atoms. The molecule has 1 amide bonds. The van der Waals surface area contributed by atoms with Crippen molar-refractivity contribution in [2.24, 2.45) is 0 Å². The molecular weight excluding hydrogens is 348 g/mol. The van der Waals surface area contributed by atoms with Gasteiger partial charge < -0.3 is 15.0 Å². The van der Waals surface area contributed by atoms with Gasteiger partial charge in [-0.15, -0.1) is 0 Å². The minimum absolute atomic E-state index is 0.249. The average Bonchev–Trinajstić information content (AvgIpc) is 2.69. The molecule has 3 aromatic carbocycles. The maximum Gasteiger partial charge on any atom is 0.256 e. The van der Waals surface area contributed by atoms with Crippen molar-refractivity contribution < 1.29 is 9.53 Å². The first kappa shape index (κ1) is 17.8. The summed E-state index contributed by atoms with van der Waals surface area (Å²) >= 11 is 6.03. The van der Waals surface area contributed by atoms with E-state index in [4.69, 9.17) is 16.3 Å². The van der Waals surface area contributed by atoms with Crippen LogP contribution in [0.2, 0.25) is 5.02 Å². The second-order valence-corrected chi connectivity index (χ2v) is 6.04. The first-order chi connectivity index (χ1) is 12.7. The predicted molar refractivity (Wildman–Crippen MR) is 105 cm³/mol. The summed E-state index contributed by atoms with van der Waals surface area (Å²) < 4.78 is 5.26. The molecule has 4 nitrogen and oxygen atoms in total. The third-order valence-corrected chi connectivity index (χ3v) is 4.17. The Labute approximate surface area is 158 Å². The monoisotopic (exact) mass is 366 g/mol. The molecule has 0 spiro atoms. The van der Waals surface area contributed by atoms with E-state index in [9.17, 15) is 4.79 Å². The Hall–Kier alpha value is -2.98. The number of anilines is 2. The Bertz CT molecular complexity index is 830. The van der Waals surface area contributed by atoms with E-state index in [1.165, 1.54) is 7.11 Å². The fourth-order valence-electron chi connectivity index (χ4n) is 2.65. The largest absolute Gasteiger partial charge is 0.496 e. The molecule has 0 heterocycles. The maximum atomic E-state index is 12.7. The molecule has 1 N–H and O–H groups in total. The SMILES string of the molecule is COc1ccc(Cl)cc1C(=O)NCN(c1ccccc1)c1ccccc1. The van der Waals surface area contributed by atoms with E-state index in [1.807, 2.05) is 65.6 Å². The fraction of sp³-hybridized carbons (Fsp3) is 0.0952. The van der Waals surface area contributed by atoms with Crippen LogP contribution < -0.4 is 15.0 Å². The number of carbonyl (C=O) groups excluding carboxylic acids is 1. The van der Waals surface area contributed by atoms with Crippen molar-refractivity contribution >= 4 is 28.9 Å². The number of amides is 1. The highest BCUT2D eigenvalue weighted by atomic mass is 35.5. The molecule has 0 saturated carbocycles. The highest BCUT2D eigenvalue weighted by molar-refractivity contribution is 6.31. The minimum Gasteiger partial charge on any atom is -0.496 e. The van der Waals surface area contributed by atoms with Crippen LogP contribution in [0.3, 0.4) is 0 Å². The zero-order chi connectivity index (χ0) is 18.4. The fourth-order valence-corrected chi connectivity index (χ4v) is 2.82. The Balaban J connectivity index is 1.83. The van der Waals surface area contributed by atoms with Crippen LogP contribution in [0.1, 0.15) is 10.4 Å². The molecule has 3 aromatic rings. The number of nitrogens with one attached hydrogen (secondary N) is 1. The van der Waals surface area contributed by atoms with E-state index in [1.54, 1.807) is 18.2 Å². The van der Waals surface area contributed by atoms with Crippen LogP contribution in [-0.4, -0.2) is 19.7 Å². The van der Waals surface area contributed by atoms with E-state index in [0.717, 1.165) is 11.4 Å². The highest BCUT2D eigenvalue weighted by Crippen LogP contribution is 2.25. The van der Waals surface area contributed by atoms with Gasteiger partial charge in [-0.2, -0.15) is 0 Å². The maximum absolute atomic E-state index is 12.7. The summed E-state index contributed by atoms with van der Waals surface area (Å²) in [6.45, 7) is 0.308. The van der Waals surface area contributed by atoms with Gasteiger partial charge in [0.1, 0.15) is 5.75 Å². The van der Waals surface area contributed by atoms with Crippen molar-refractivity contribution in [3.05, 3.63) is 89.4 Å². The highest BCUT2D eigenvalue weighted by Gasteiger charge is 2.15. The number of halogens is 1. The molecule has 0 aliphatic carbocycles. The van der Waals surface area contributed by atoms with Crippen LogP contribution in [0.4, 0.5) is 11.4 Å². The zero-order valence-electron chi connectivity index (χ0n) is 14.4. The van der Waals surface area contributed by atoms with Gasteiger partial charge in [-0.05, 0) is 42.5 Å². The second-order valence-electron chi connectivity index (χ2n) is 5.61. The summed E-state index contributed by atoms with van der Waals surface area (Å²) in [4.78, 5) is 14.7. The lowest BCUT2D eigenvalue weighted by molar-refractivity contribution is 0.0951. The van der Waals surface area contributed by atoms with Crippen molar-refractivity contribution in [1.29, 1.82) is 0 Å². The normalized spacial score (nSPS) is 10.2. The molecule has 0 bridgehead atoms. The summed E-state index contributed by atoms with van der Waals surface area (Å²) in [7, 11) is 1.53. The lowest BCUT2D eigenvalue weighted by Gasteiger charge is -2.25. The number of ether oxygens (including phenoxy) is 1. The Morgan fingerprint density at radius 1 is 0.962 bits per heavy atom. The summed E-state index contributed by atoms with van der Waals surface area (Å²) in [6, 6.07) is 24.8. The van der Waals surface area contributed by atoms with Gasteiger partial charge in [0.05, 0.1) is 19.3 Å². The summed E-state index contributed by atoms with van der Waals surface area (Å²) in [5.41, 5.74) is 2.37. The summed E-state index contributed by atoms with van der Waals surface area (Å²) in [6.07, 6.45) is 0. The molecule has 0 fully saturated rings. The van der Waals surface area contributed by atoms with E-state index in [-0.39, 0.29) is 5.91 Å². The Kier molecular flexibility index (Phi) is 5.77. The van der Waals surface area contributed by atoms with Crippen molar-refractivity contribution in [3.63, 3.8) is 0 Å². The molecule has 3 rings (SSSR count). The van der Waals surface area contributed by atoms with Crippen LogP contribution in [-0.2, 0) is 0 Å². The number of rotatable bonds is 6. The number of benzene rings is 3. The molecule has 0 saturated heterocycles. The van der Waals surface area contributed by atoms with Crippen LogP contribution >= 0.6 is 11.6 Å². The van der Waals surface area contributed by atoms with Crippen molar-refractivity contribution in [2.45, 2.75) is 0 Å². The van der Waals surface area contributed by atoms with Gasteiger partial charge in [-0.25, -0.2) is 0 Å². The number of carbonyl (C=O) groups is 1. The molecule has 132 valence electrons. The predicted octanol–water partition coefficient (Wildman–Crippen LogP) is 4.87. The molecule has 0 radical (unpaired) electrons. The van der Waals surface area contributed by atoms with Gasteiger partial charge in [0.15, 0.2) is 0 Å². The summed E-state index contributed by atoms with van der Waals surface area (Å²) in [5, 5.41) is 3.43. The third kappa shape index (κ3) is 4.16. The Morgan fingerprint density at radius 2 is 1.54 bits per heavy atom. The molecule has 0 aliphatic rings. The van der Waals surface area contributed by atoms with Crippen molar-refractivity contribution in [2.75, 3.05) is 18.7 Å². The van der Waals surface area contributed by atoms with Crippen LogP contribution in [0.25, 0.3) is 0 Å². The van der Waals surface area contributed by atoms with Crippen molar-refractivity contribution in [3.8, 4) is 5.75 Å². The second kappa shape index (κ2) is 8.41. The topological polar surface area (TPSA) is 41.6 Å². The van der Waals surface area contributed by atoms with E-state index in [0.29, 0.717) is 23.0 Å². The van der Waals surface area contributed by atoms with Gasteiger partial charge in [-0.3, -0.25) is 4.79 Å². The Morgan fingerprint density at radius 3 is 2.08 bits per heavy atom. The molecular formula is C21H19ClN2O2. The van der Waals surface area contributed by atoms with Crippen LogP contribution in [0.5, 0.6) is 5.75 Å². The molecule has 0 aromatic heterocycles. The molecule has 0 aliphatic heterocycles. The van der Waals surface area contributed by atoms with Gasteiger partial charge >= 0.3 is 0 Å². The number of nitrogens with zero attached hydrogens (tertiary/aromatic N) is 1. The lowest BCUT2D eigenvalue weighted by Crippen LogP contribution is -2.35. The molecule has 0 atom stereocenters. The zero-order valence-corrected chi connectivity index (χ0v) is 15.1. The van der Waals surface area contributed by atoms with Gasteiger partial charge in [0, 0.05) is 16.4 Å². The van der Waals surface area contributed by atoms with Gasteiger partial charge in [0.2, 0.25) is 0 Å². The first-order valence-electron chi connectivity index (χ1n) is 8.18. The number of methoxy groups -OCH3 is 1. The standard InChI is InChI=1S/C21H19ClN2O2/c1-26-20-13-12-16(22)14-19(20)21(25)23-15-24(17-8-4-2-5-9-17)18-10-6-3-7-11-18/h2-14H,15H2,1H3,(H,23,25). The number of para-hydroxylation sites is 2. The van der Waals surface area contributed by atoms with E-state index < -0.39 is 0 Å². The smallest absolute Gasteiger partial charge is 0.256 e. The van der Waals surface area contributed by atoms with Crippen molar-refractivity contribution in [1.82, 2.24) is 5.32 Å². The quantitative estimate of drug-likeness (QED) is 0.632. The summed E-state index contributed by atoms with van der Waals surface area (Å²) in [5.74, 6) is 0.235. The number of hydrogen-bond donors (Lipinski definition) is 1. The minimum atomic E-state index is -0.249. The first-order valence-corrected chi connectivity index (χ1v) is 8.56. The van der Waals surface area contributed by atoms with Crippen LogP contribution in [0.15, 0.2) is 78.9 Å².